The summed E-state index contributed by atoms with van der Waals surface area (Å²) in [6.07, 6.45) is 4.30. The Morgan fingerprint density at radius 3 is 2.73 bits per heavy atom. The average molecular weight is 328 g/mol. The fourth-order valence-corrected chi connectivity index (χ4v) is 5.34. The molecule has 0 bridgehead atoms. The molecule has 2 aliphatic heterocycles. The highest BCUT2D eigenvalue weighted by molar-refractivity contribution is 7.91. The first-order valence-electron chi connectivity index (χ1n) is 8.07. The molecule has 2 saturated heterocycles. The Morgan fingerprint density at radius 2 is 2.05 bits per heavy atom. The number of sulfone groups is 1. The highest BCUT2D eigenvalue weighted by atomic mass is 32.2. The molecular formula is C14H24N4O3S. The fourth-order valence-electron chi connectivity index (χ4n) is 3.36. The lowest BCUT2D eigenvalue weighted by atomic mass is 10.1. The molecule has 7 nitrogen and oxygen atoms in total. The van der Waals surface area contributed by atoms with Crippen LogP contribution in [0.2, 0.25) is 0 Å². The van der Waals surface area contributed by atoms with Crippen LogP contribution in [0.3, 0.4) is 0 Å². The van der Waals surface area contributed by atoms with Gasteiger partial charge in [-0.25, -0.2) is 8.42 Å². The number of aryl methyl sites for hydroxylation is 1. The van der Waals surface area contributed by atoms with Gasteiger partial charge in [-0.3, -0.25) is 4.90 Å². The van der Waals surface area contributed by atoms with Crippen LogP contribution in [0.4, 0.5) is 0 Å². The zero-order chi connectivity index (χ0) is 15.6. The summed E-state index contributed by atoms with van der Waals surface area (Å²) in [7, 11) is -2.97. The number of hydrogen-bond donors (Lipinski definition) is 1. The van der Waals surface area contributed by atoms with E-state index in [4.69, 9.17) is 4.52 Å². The predicted octanol–water partition coefficient (Wildman–Crippen LogP) is 0.373. The van der Waals surface area contributed by atoms with Crippen LogP contribution < -0.4 is 5.32 Å². The normalized spacial score (nSPS) is 29.0. The number of likely N-dealkylation sites (tertiary alicyclic amines) is 1. The fraction of sp³-hybridized carbons (Fsp3) is 0.857. The van der Waals surface area contributed by atoms with Crippen molar-refractivity contribution in [3.8, 4) is 0 Å². The third-order valence-electron chi connectivity index (χ3n) is 4.52. The third kappa shape index (κ3) is 3.67. The van der Waals surface area contributed by atoms with Gasteiger partial charge >= 0.3 is 0 Å². The van der Waals surface area contributed by atoms with Crippen LogP contribution >= 0.6 is 0 Å². The van der Waals surface area contributed by atoms with Crippen molar-refractivity contribution in [2.45, 2.75) is 51.2 Å². The topological polar surface area (TPSA) is 88.3 Å². The SMILES string of the molecule is CCc1noc(CNC2CS(=O)(=O)CC2N2CCCCC2)n1. The van der Waals surface area contributed by atoms with E-state index >= 15 is 0 Å². The lowest BCUT2D eigenvalue weighted by Crippen LogP contribution is -2.50. The zero-order valence-electron chi connectivity index (χ0n) is 13.0. The number of nitrogens with zero attached hydrogens (tertiary/aromatic N) is 3. The maximum Gasteiger partial charge on any atom is 0.240 e. The molecule has 0 amide bonds. The molecule has 0 saturated carbocycles. The summed E-state index contributed by atoms with van der Waals surface area (Å²) >= 11 is 0. The summed E-state index contributed by atoms with van der Waals surface area (Å²) in [6, 6.07) is 0.0129. The Labute approximate surface area is 131 Å². The van der Waals surface area contributed by atoms with Crippen molar-refractivity contribution >= 4 is 9.84 Å². The second kappa shape index (κ2) is 6.64. The van der Waals surface area contributed by atoms with Gasteiger partial charge in [-0.05, 0) is 25.9 Å². The van der Waals surface area contributed by atoms with E-state index in [-0.39, 0.29) is 23.6 Å². The predicted molar refractivity (Wildman–Crippen MR) is 82.2 cm³/mol. The van der Waals surface area contributed by atoms with Gasteiger partial charge in [0.1, 0.15) is 0 Å². The summed E-state index contributed by atoms with van der Waals surface area (Å²) in [4.78, 5) is 6.59. The number of piperidine rings is 1. The molecule has 1 N–H and O–H groups in total. The summed E-state index contributed by atoms with van der Waals surface area (Å²) in [6.45, 7) is 4.40. The zero-order valence-corrected chi connectivity index (χ0v) is 13.8. The van der Waals surface area contributed by atoms with Crippen LogP contribution in [0.5, 0.6) is 0 Å². The minimum atomic E-state index is -2.97. The Hall–Kier alpha value is -0.990. The maximum absolute atomic E-state index is 12.0. The quantitative estimate of drug-likeness (QED) is 0.835. The lowest BCUT2D eigenvalue weighted by molar-refractivity contribution is 0.153. The van der Waals surface area contributed by atoms with Crippen molar-refractivity contribution in [2.75, 3.05) is 24.6 Å². The molecule has 1 aromatic heterocycles. The highest BCUT2D eigenvalue weighted by Gasteiger charge is 2.41. The van der Waals surface area contributed by atoms with Crippen molar-refractivity contribution in [2.24, 2.45) is 0 Å². The molecule has 0 aromatic carbocycles. The van der Waals surface area contributed by atoms with Gasteiger partial charge in [0, 0.05) is 18.5 Å². The summed E-state index contributed by atoms with van der Waals surface area (Å²) in [5.41, 5.74) is 0. The van der Waals surface area contributed by atoms with Gasteiger partial charge in [0.2, 0.25) is 5.89 Å². The van der Waals surface area contributed by atoms with Gasteiger partial charge in [0.05, 0.1) is 18.1 Å². The molecular weight excluding hydrogens is 304 g/mol. The molecule has 8 heteroatoms. The van der Waals surface area contributed by atoms with Crippen LogP contribution in [0.25, 0.3) is 0 Å². The first-order valence-corrected chi connectivity index (χ1v) is 9.89. The Bertz CT molecular complexity index is 595. The van der Waals surface area contributed by atoms with Crippen LogP contribution in [-0.2, 0) is 22.8 Å². The van der Waals surface area contributed by atoms with E-state index in [9.17, 15) is 8.42 Å². The molecule has 2 unspecified atom stereocenters. The second-order valence-electron chi connectivity index (χ2n) is 6.19. The van der Waals surface area contributed by atoms with Crippen LogP contribution in [0, 0.1) is 0 Å². The van der Waals surface area contributed by atoms with E-state index in [1.54, 1.807) is 0 Å². The molecule has 2 atom stereocenters. The van der Waals surface area contributed by atoms with E-state index < -0.39 is 9.84 Å². The van der Waals surface area contributed by atoms with E-state index in [2.05, 4.69) is 20.4 Å². The Balaban J connectivity index is 1.64. The van der Waals surface area contributed by atoms with Crippen molar-refractivity contribution in [3.05, 3.63) is 11.7 Å². The molecule has 22 heavy (non-hydrogen) atoms. The molecule has 2 fully saturated rings. The molecule has 0 spiro atoms. The third-order valence-corrected chi connectivity index (χ3v) is 6.24. The minimum Gasteiger partial charge on any atom is -0.338 e. The van der Waals surface area contributed by atoms with Gasteiger partial charge in [-0.15, -0.1) is 0 Å². The van der Waals surface area contributed by atoms with Crippen LogP contribution in [0.15, 0.2) is 4.52 Å². The van der Waals surface area contributed by atoms with Crippen molar-refractivity contribution in [3.63, 3.8) is 0 Å². The highest BCUT2D eigenvalue weighted by Crippen LogP contribution is 2.22. The van der Waals surface area contributed by atoms with Crippen molar-refractivity contribution < 1.29 is 12.9 Å². The molecule has 3 rings (SSSR count). The number of nitrogens with one attached hydrogen (secondary N) is 1. The molecule has 2 aliphatic rings. The lowest BCUT2D eigenvalue weighted by Gasteiger charge is -2.34. The summed E-state index contributed by atoms with van der Waals surface area (Å²) in [5.74, 6) is 1.67. The molecule has 3 heterocycles. The van der Waals surface area contributed by atoms with Crippen LogP contribution in [0.1, 0.15) is 37.9 Å². The number of aromatic nitrogens is 2. The Kier molecular flexibility index (Phi) is 4.79. The van der Waals surface area contributed by atoms with Gasteiger partial charge in [-0.1, -0.05) is 18.5 Å². The van der Waals surface area contributed by atoms with E-state index in [1.807, 2.05) is 6.92 Å². The van der Waals surface area contributed by atoms with Crippen molar-refractivity contribution in [1.82, 2.24) is 20.4 Å². The molecule has 124 valence electrons. The molecule has 1 aromatic rings. The van der Waals surface area contributed by atoms with Gasteiger partial charge < -0.3 is 9.84 Å². The standard InChI is InChI=1S/C14H24N4O3S/c1-2-13-16-14(21-17-13)8-15-11-9-22(19,20)10-12(11)18-6-4-3-5-7-18/h11-12,15H,2-10H2,1H3. The Morgan fingerprint density at radius 1 is 1.27 bits per heavy atom. The summed E-state index contributed by atoms with van der Waals surface area (Å²) < 4.78 is 29.2. The average Bonchev–Trinajstić information content (AvgIpc) is 3.09. The first-order chi connectivity index (χ1) is 10.6. The molecule has 0 radical (unpaired) electrons. The van der Waals surface area contributed by atoms with Gasteiger partial charge in [0.15, 0.2) is 15.7 Å². The second-order valence-corrected chi connectivity index (χ2v) is 8.34. The number of hydrogen-bond acceptors (Lipinski definition) is 7. The van der Waals surface area contributed by atoms with Crippen molar-refractivity contribution in [1.29, 1.82) is 0 Å². The number of rotatable bonds is 5. The van der Waals surface area contributed by atoms with E-state index in [1.165, 1.54) is 6.42 Å². The van der Waals surface area contributed by atoms with E-state index in [0.29, 0.717) is 18.3 Å². The van der Waals surface area contributed by atoms with Gasteiger partial charge in [0.25, 0.3) is 0 Å². The maximum atomic E-state index is 12.0. The monoisotopic (exact) mass is 328 g/mol. The first kappa shape index (κ1) is 15.9. The smallest absolute Gasteiger partial charge is 0.240 e. The summed E-state index contributed by atoms with van der Waals surface area (Å²) in [5, 5.41) is 7.18. The van der Waals surface area contributed by atoms with E-state index in [0.717, 1.165) is 32.4 Å². The largest absolute Gasteiger partial charge is 0.338 e. The minimum absolute atomic E-state index is 0.0555. The molecule has 0 aliphatic carbocycles. The van der Waals surface area contributed by atoms with Crippen LogP contribution in [-0.4, -0.2) is 60.1 Å². The van der Waals surface area contributed by atoms with Gasteiger partial charge in [-0.2, -0.15) is 4.98 Å².